The molecule has 118 valence electrons. The Labute approximate surface area is 127 Å². The van der Waals surface area contributed by atoms with Crippen molar-refractivity contribution in [2.75, 3.05) is 20.3 Å². The van der Waals surface area contributed by atoms with E-state index in [1.807, 2.05) is 25.1 Å². The van der Waals surface area contributed by atoms with Crippen molar-refractivity contribution >= 4 is 5.97 Å². The Morgan fingerprint density at radius 3 is 2.71 bits per heavy atom. The minimum atomic E-state index is -0.128. The van der Waals surface area contributed by atoms with Crippen LogP contribution in [0.2, 0.25) is 0 Å². The Kier molecular flexibility index (Phi) is 9.49. The number of hydrogen-bond acceptors (Lipinski definition) is 4. The normalized spacial score (nSPS) is 12.1. The van der Waals surface area contributed by atoms with Gasteiger partial charge in [0.25, 0.3) is 0 Å². The fourth-order valence-corrected chi connectivity index (χ4v) is 2.05. The van der Waals surface area contributed by atoms with E-state index in [-0.39, 0.29) is 12.1 Å². The fourth-order valence-electron chi connectivity index (χ4n) is 2.05. The van der Waals surface area contributed by atoms with Crippen LogP contribution < -0.4 is 5.32 Å². The molecule has 0 amide bonds. The first-order valence-electron chi connectivity index (χ1n) is 7.65. The van der Waals surface area contributed by atoms with Crippen LogP contribution in [-0.4, -0.2) is 32.3 Å². The van der Waals surface area contributed by atoms with Gasteiger partial charge in [-0.1, -0.05) is 30.3 Å². The van der Waals surface area contributed by atoms with Gasteiger partial charge in [-0.05, 0) is 38.3 Å². The van der Waals surface area contributed by atoms with Crippen LogP contribution in [0.3, 0.4) is 0 Å². The molecule has 4 nitrogen and oxygen atoms in total. The quantitative estimate of drug-likeness (QED) is 0.503. The average Bonchev–Trinajstić information content (AvgIpc) is 2.48. The molecule has 4 heteroatoms. The third-order valence-corrected chi connectivity index (χ3v) is 3.20. The van der Waals surface area contributed by atoms with Gasteiger partial charge in [-0.2, -0.15) is 0 Å². The third-order valence-electron chi connectivity index (χ3n) is 3.20. The van der Waals surface area contributed by atoms with Crippen LogP contribution in [0.4, 0.5) is 0 Å². The lowest BCUT2D eigenvalue weighted by atomic mass is 10.2. The third kappa shape index (κ3) is 9.21. The van der Waals surface area contributed by atoms with Gasteiger partial charge in [-0.3, -0.25) is 4.79 Å². The van der Waals surface area contributed by atoms with Crippen molar-refractivity contribution in [3.05, 3.63) is 35.9 Å². The van der Waals surface area contributed by atoms with E-state index in [2.05, 4.69) is 17.4 Å². The highest BCUT2D eigenvalue weighted by Crippen LogP contribution is 2.04. The Balaban J connectivity index is 2.00. The number of rotatable bonds is 11. The first kappa shape index (κ1) is 17.7. The summed E-state index contributed by atoms with van der Waals surface area (Å²) in [7, 11) is 1.64. The number of ether oxygens (including phenoxy) is 2. The van der Waals surface area contributed by atoms with Gasteiger partial charge in [-0.15, -0.1) is 0 Å². The number of carbonyl (C=O) groups is 1. The molecule has 21 heavy (non-hydrogen) atoms. The van der Waals surface area contributed by atoms with Crippen LogP contribution in [0.5, 0.6) is 0 Å². The van der Waals surface area contributed by atoms with Crippen molar-refractivity contribution in [3.8, 4) is 0 Å². The zero-order valence-corrected chi connectivity index (χ0v) is 13.1. The van der Waals surface area contributed by atoms with Crippen LogP contribution in [0.25, 0.3) is 0 Å². The Bertz CT molecular complexity index is 381. The van der Waals surface area contributed by atoms with E-state index >= 15 is 0 Å². The van der Waals surface area contributed by atoms with Crippen molar-refractivity contribution in [1.82, 2.24) is 5.32 Å². The van der Waals surface area contributed by atoms with Crippen molar-refractivity contribution in [2.45, 2.75) is 45.3 Å². The summed E-state index contributed by atoms with van der Waals surface area (Å²) in [5, 5.41) is 3.40. The molecule has 0 heterocycles. The van der Waals surface area contributed by atoms with Gasteiger partial charge in [0.2, 0.25) is 0 Å². The highest BCUT2D eigenvalue weighted by Gasteiger charge is 2.08. The van der Waals surface area contributed by atoms with Gasteiger partial charge in [-0.25, -0.2) is 0 Å². The van der Waals surface area contributed by atoms with Crippen LogP contribution in [0.15, 0.2) is 30.3 Å². The number of esters is 1. The molecule has 0 saturated carbocycles. The summed E-state index contributed by atoms with van der Waals surface area (Å²) >= 11 is 0. The maximum absolute atomic E-state index is 11.5. The molecule has 0 spiro atoms. The van der Waals surface area contributed by atoms with E-state index in [0.717, 1.165) is 32.4 Å². The summed E-state index contributed by atoms with van der Waals surface area (Å²) in [6, 6.07) is 10.3. The Morgan fingerprint density at radius 2 is 2.00 bits per heavy atom. The van der Waals surface area contributed by atoms with Crippen LogP contribution in [0.1, 0.15) is 38.2 Å². The van der Waals surface area contributed by atoms with E-state index < -0.39 is 0 Å². The van der Waals surface area contributed by atoms with Crippen molar-refractivity contribution in [3.63, 3.8) is 0 Å². The number of nitrogens with one attached hydrogen (secondary N) is 1. The lowest BCUT2D eigenvalue weighted by molar-refractivity contribution is -0.148. The van der Waals surface area contributed by atoms with E-state index in [9.17, 15) is 4.79 Å². The van der Waals surface area contributed by atoms with Crippen molar-refractivity contribution in [2.24, 2.45) is 0 Å². The molecule has 1 N–H and O–H groups in total. The summed E-state index contributed by atoms with van der Waals surface area (Å²) < 4.78 is 10.2. The molecule has 1 unspecified atom stereocenters. The first-order valence-corrected chi connectivity index (χ1v) is 7.65. The summed E-state index contributed by atoms with van der Waals surface area (Å²) in [5.41, 5.74) is 1.29. The van der Waals surface area contributed by atoms with E-state index in [1.165, 1.54) is 5.56 Å². The van der Waals surface area contributed by atoms with Gasteiger partial charge in [0.15, 0.2) is 0 Å². The summed E-state index contributed by atoms with van der Waals surface area (Å²) in [6.07, 6.45) is 3.03. The monoisotopic (exact) mass is 293 g/mol. The number of methoxy groups -OCH3 is 1. The van der Waals surface area contributed by atoms with Crippen LogP contribution in [0, 0.1) is 0 Å². The second-order valence-electron chi connectivity index (χ2n) is 5.20. The van der Waals surface area contributed by atoms with Gasteiger partial charge < -0.3 is 14.8 Å². The Hall–Kier alpha value is -1.39. The zero-order valence-electron chi connectivity index (χ0n) is 13.1. The molecule has 0 aliphatic heterocycles. The molecule has 0 fully saturated rings. The molecule has 1 aromatic carbocycles. The summed E-state index contributed by atoms with van der Waals surface area (Å²) in [6.45, 7) is 4.37. The lowest BCUT2D eigenvalue weighted by Gasteiger charge is -2.13. The number of carbonyl (C=O) groups excluding carboxylic acids is 1. The van der Waals surface area contributed by atoms with Crippen LogP contribution >= 0.6 is 0 Å². The average molecular weight is 293 g/mol. The van der Waals surface area contributed by atoms with Gasteiger partial charge in [0.05, 0.1) is 6.10 Å². The molecule has 1 rings (SSSR count). The van der Waals surface area contributed by atoms with E-state index in [1.54, 1.807) is 7.11 Å². The SMILES string of the molecule is COCCCC(=O)OC(C)CCCNCc1ccccc1. The zero-order chi connectivity index (χ0) is 15.3. The van der Waals surface area contributed by atoms with E-state index in [4.69, 9.17) is 9.47 Å². The highest BCUT2D eigenvalue weighted by atomic mass is 16.5. The molecule has 1 atom stereocenters. The molecule has 1 aromatic rings. The lowest BCUT2D eigenvalue weighted by Crippen LogP contribution is -2.19. The molecule has 0 aromatic heterocycles. The number of hydrogen-bond donors (Lipinski definition) is 1. The molecular formula is C17H27NO3. The van der Waals surface area contributed by atoms with Gasteiger partial charge in [0, 0.05) is 26.7 Å². The molecule has 0 aliphatic rings. The minimum absolute atomic E-state index is 0.0152. The predicted octanol–water partition coefficient (Wildman–Crippen LogP) is 2.91. The fraction of sp³-hybridized carbons (Fsp3) is 0.588. The molecule has 0 saturated heterocycles. The topological polar surface area (TPSA) is 47.6 Å². The van der Waals surface area contributed by atoms with Crippen molar-refractivity contribution < 1.29 is 14.3 Å². The largest absolute Gasteiger partial charge is 0.463 e. The summed E-state index contributed by atoms with van der Waals surface area (Å²) in [4.78, 5) is 11.5. The predicted molar refractivity (Wildman–Crippen MR) is 84.0 cm³/mol. The molecule has 0 radical (unpaired) electrons. The second-order valence-corrected chi connectivity index (χ2v) is 5.20. The minimum Gasteiger partial charge on any atom is -0.463 e. The molecule has 0 aliphatic carbocycles. The standard InChI is InChI=1S/C17H27NO3/c1-15(21-17(19)11-7-13-20-2)8-6-12-18-14-16-9-4-3-5-10-16/h3-5,9-10,15,18H,6-8,11-14H2,1-2H3. The van der Waals surface area contributed by atoms with Crippen LogP contribution in [-0.2, 0) is 20.8 Å². The second kappa shape index (κ2) is 11.3. The van der Waals surface area contributed by atoms with Crippen molar-refractivity contribution in [1.29, 1.82) is 0 Å². The first-order chi connectivity index (χ1) is 10.2. The number of benzene rings is 1. The Morgan fingerprint density at radius 1 is 1.24 bits per heavy atom. The van der Waals surface area contributed by atoms with E-state index in [0.29, 0.717) is 13.0 Å². The van der Waals surface area contributed by atoms with Gasteiger partial charge in [0.1, 0.15) is 0 Å². The molecule has 0 bridgehead atoms. The molecular weight excluding hydrogens is 266 g/mol. The highest BCUT2D eigenvalue weighted by molar-refractivity contribution is 5.69. The van der Waals surface area contributed by atoms with Gasteiger partial charge >= 0.3 is 5.97 Å². The summed E-state index contributed by atoms with van der Waals surface area (Å²) in [5.74, 6) is -0.128. The maximum Gasteiger partial charge on any atom is 0.306 e. The maximum atomic E-state index is 11.5. The smallest absolute Gasteiger partial charge is 0.306 e.